The Bertz CT molecular complexity index is 2270. The number of nitrogens with zero attached hydrogens (tertiary/aromatic N) is 6. The number of anilines is 1. The Kier molecular flexibility index (Phi) is 12.3. The predicted octanol–water partition coefficient (Wildman–Crippen LogP) is 8.81. The molecule has 1 aliphatic carbocycles. The number of benzene rings is 2. The average Bonchev–Trinajstić information content (AvgIpc) is 3.76. The quantitative estimate of drug-likeness (QED) is 0.0562. The topological polar surface area (TPSA) is 104 Å². The van der Waals surface area contributed by atoms with Gasteiger partial charge in [0.2, 0.25) is 5.78 Å². The van der Waals surface area contributed by atoms with E-state index in [1.165, 1.54) is 13.2 Å². The number of halogens is 2. The third-order valence-corrected chi connectivity index (χ3v) is 20.1. The Labute approximate surface area is 353 Å². The summed E-state index contributed by atoms with van der Waals surface area (Å²) < 4.78 is 56.6. The van der Waals surface area contributed by atoms with E-state index in [2.05, 4.69) is 62.8 Å². The summed E-state index contributed by atoms with van der Waals surface area (Å²) in [7, 11) is -0.757. The van der Waals surface area contributed by atoms with E-state index in [-0.39, 0.29) is 42.4 Å². The van der Waals surface area contributed by atoms with Crippen molar-refractivity contribution in [3.8, 4) is 23.2 Å². The van der Waals surface area contributed by atoms with Crippen molar-refractivity contribution < 1.29 is 32.5 Å². The highest BCUT2D eigenvalue weighted by Gasteiger charge is 2.49. The van der Waals surface area contributed by atoms with E-state index in [1.54, 1.807) is 18.2 Å². The Morgan fingerprint density at radius 2 is 1.77 bits per heavy atom. The van der Waals surface area contributed by atoms with Crippen molar-refractivity contribution in [3.05, 3.63) is 47.0 Å². The first-order valence-electron chi connectivity index (χ1n) is 22.0. The number of alkyl halides is 1. The van der Waals surface area contributed by atoms with Crippen molar-refractivity contribution in [2.75, 3.05) is 64.8 Å². The second kappa shape index (κ2) is 17.3. The van der Waals surface area contributed by atoms with Gasteiger partial charge in [-0.2, -0.15) is 9.97 Å². The molecule has 0 amide bonds. The average molecular weight is 843 g/mol. The first-order chi connectivity index (χ1) is 28.9. The third-order valence-electron chi connectivity index (χ3n) is 13.8. The van der Waals surface area contributed by atoms with Gasteiger partial charge in [0.25, 0.3) is 0 Å². The van der Waals surface area contributed by atoms with Crippen molar-refractivity contribution in [3.63, 3.8) is 0 Å². The Hall–Kier alpha value is -4.16. The van der Waals surface area contributed by atoms with Crippen LogP contribution < -0.4 is 14.4 Å². The molecular formula is C46H60F2N6O5Si. The number of carbonyl (C=O) groups is 1. The molecule has 2 aromatic carbocycles. The lowest BCUT2D eigenvalue weighted by atomic mass is 9.91. The van der Waals surface area contributed by atoms with E-state index >= 15 is 9.18 Å². The van der Waals surface area contributed by atoms with E-state index in [0.29, 0.717) is 89.4 Å². The molecule has 0 bridgehead atoms. The van der Waals surface area contributed by atoms with Gasteiger partial charge in [0, 0.05) is 56.8 Å². The lowest BCUT2D eigenvalue weighted by Crippen LogP contribution is -2.43. The van der Waals surface area contributed by atoms with Gasteiger partial charge < -0.3 is 28.4 Å². The highest BCUT2D eigenvalue weighted by atomic mass is 28.3. The second-order valence-corrected chi connectivity index (χ2v) is 23.8. The summed E-state index contributed by atoms with van der Waals surface area (Å²) in [5.74, 6) is 3.71. The van der Waals surface area contributed by atoms with Crippen LogP contribution in [-0.2, 0) is 9.47 Å². The van der Waals surface area contributed by atoms with E-state index in [4.69, 9.17) is 33.9 Å². The number of hydrogen-bond acceptors (Lipinski definition) is 10. The number of ether oxygens (including phenoxy) is 4. The molecule has 8 rings (SSSR count). The fraction of sp³-hybridized carbons (Fsp3) is 0.609. The zero-order valence-corrected chi connectivity index (χ0v) is 37.3. The summed E-state index contributed by atoms with van der Waals surface area (Å²) in [4.78, 5) is 34.9. The van der Waals surface area contributed by atoms with Crippen LogP contribution in [0.3, 0.4) is 0 Å². The van der Waals surface area contributed by atoms with Gasteiger partial charge in [-0.3, -0.25) is 9.69 Å². The Morgan fingerprint density at radius 1 is 0.983 bits per heavy atom. The fourth-order valence-corrected chi connectivity index (χ4v) is 15.9. The fourth-order valence-electron chi connectivity index (χ4n) is 10.7. The van der Waals surface area contributed by atoms with Gasteiger partial charge in [-0.25, -0.2) is 13.8 Å². The highest BCUT2D eigenvalue weighted by Crippen LogP contribution is 2.44. The lowest BCUT2D eigenvalue weighted by molar-refractivity contribution is 0.0511. The molecule has 5 heterocycles. The first kappa shape index (κ1) is 42.5. The Balaban J connectivity index is 1.31. The summed E-state index contributed by atoms with van der Waals surface area (Å²) in [5.41, 5.74) is 5.73. The van der Waals surface area contributed by atoms with E-state index in [9.17, 15) is 4.39 Å². The summed E-state index contributed by atoms with van der Waals surface area (Å²) in [6.07, 6.45) is 4.88. The zero-order valence-electron chi connectivity index (χ0n) is 36.3. The summed E-state index contributed by atoms with van der Waals surface area (Å²) >= 11 is 0. The molecule has 0 unspecified atom stereocenters. The van der Waals surface area contributed by atoms with Crippen molar-refractivity contribution >= 4 is 41.6 Å². The zero-order chi connectivity index (χ0) is 42.3. The predicted molar refractivity (Wildman–Crippen MR) is 232 cm³/mol. The minimum absolute atomic E-state index is 0.0258. The molecule has 0 N–H and O–H groups in total. The molecule has 4 fully saturated rings. The molecule has 3 saturated heterocycles. The van der Waals surface area contributed by atoms with E-state index < -0.39 is 31.4 Å². The van der Waals surface area contributed by atoms with Crippen LogP contribution in [-0.4, -0.2) is 110 Å². The van der Waals surface area contributed by atoms with E-state index in [0.717, 1.165) is 45.1 Å². The molecule has 4 aliphatic rings. The highest BCUT2D eigenvalue weighted by molar-refractivity contribution is 6.90. The number of fused-ring (bicyclic) bond motifs is 3. The van der Waals surface area contributed by atoms with Crippen molar-refractivity contribution in [2.45, 2.75) is 121 Å². The molecule has 14 heteroatoms. The second-order valence-electron chi connectivity index (χ2n) is 18.2. The minimum Gasteiger partial charge on any atom is -0.468 e. The number of imidazole rings is 1. The molecular weight excluding hydrogens is 783 g/mol. The summed E-state index contributed by atoms with van der Waals surface area (Å²) in [5, 5.41) is 1.05. The number of methoxy groups -OCH3 is 1. The largest absolute Gasteiger partial charge is 0.468 e. The maximum Gasteiger partial charge on any atom is 0.320 e. The van der Waals surface area contributed by atoms with Crippen molar-refractivity contribution in [2.24, 2.45) is 0 Å². The van der Waals surface area contributed by atoms with Crippen LogP contribution in [0.4, 0.5) is 14.6 Å². The van der Waals surface area contributed by atoms with Crippen molar-refractivity contribution in [1.29, 1.82) is 0 Å². The van der Waals surface area contributed by atoms with Crippen LogP contribution in [0.1, 0.15) is 114 Å². The van der Waals surface area contributed by atoms with Gasteiger partial charge in [-0.1, -0.05) is 53.5 Å². The monoisotopic (exact) mass is 842 g/mol. The lowest BCUT2D eigenvalue weighted by Gasteiger charge is -2.38. The molecule has 0 radical (unpaired) electrons. The van der Waals surface area contributed by atoms with Crippen molar-refractivity contribution in [1.82, 2.24) is 24.4 Å². The third kappa shape index (κ3) is 7.69. The van der Waals surface area contributed by atoms with Gasteiger partial charge >= 0.3 is 6.01 Å². The molecule has 60 heavy (non-hydrogen) atoms. The van der Waals surface area contributed by atoms with Crippen LogP contribution in [0.2, 0.25) is 16.6 Å². The molecule has 11 nitrogen and oxygen atoms in total. The maximum absolute atomic E-state index is 16.4. The van der Waals surface area contributed by atoms with Crippen LogP contribution >= 0.6 is 0 Å². The normalized spacial score (nSPS) is 21.5. The van der Waals surface area contributed by atoms with Gasteiger partial charge in [-0.05, 0) is 85.3 Å². The standard InChI is InChI=1S/C46H60F2N6O5Si/c1-29(2)60(30(3)4,31(5)6)22-15-36-38(48)14-13-32-23-35(59-28-56-7)24-37(39(32)36)41(55)44-49-42-40(54(44)34-11-8-12-34)43(52-17-10-20-57-21-19-52)51-45(50-42)58-27-46-16-9-18-53(46)26-33(47)25-46/h13-14,23-24,29-31,33-34H,8-12,16-21,25-28H2,1-7H3/t33-,46+/m1/s1. The molecule has 4 aromatic rings. The number of rotatable bonds is 13. The maximum atomic E-state index is 16.4. The summed E-state index contributed by atoms with van der Waals surface area (Å²) in [6, 6.07) is 6.69. The van der Waals surface area contributed by atoms with Gasteiger partial charge in [-0.15, -0.1) is 5.54 Å². The molecule has 3 aliphatic heterocycles. The van der Waals surface area contributed by atoms with Crippen LogP contribution in [0.5, 0.6) is 11.8 Å². The molecule has 0 spiro atoms. The SMILES string of the molecule is COCOc1cc(C(=O)c2nc3nc(OC[C@@]45CCCN4C[C@H](F)C5)nc(N4CCCOCC4)c3n2C2CCC2)c2c(C#C[Si](C(C)C)(C(C)C)C(C)C)c(F)ccc2c1. The van der Waals surface area contributed by atoms with Crippen LogP contribution in [0.25, 0.3) is 21.9 Å². The minimum atomic E-state index is -2.29. The number of aromatic nitrogens is 4. The van der Waals surface area contributed by atoms with E-state index in [1.807, 2.05) is 4.57 Å². The van der Waals surface area contributed by atoms with Crippen LogP contribution in [0, 0.1) is 17.3 Å². The van der Waals surface area contributed by atoms with Crippen LogP contribution in [0.15, 0.2) is 24.3 Å². The number of ketones is 1. The molecule has 2 aromatic heterocycles. The van der Waals surface area contributed by atoms with Gasteiger partial charge in [0.05, 0.1) is 17.7 Å². The van der Waals surface area contributed by atoms with Gasteiger partial charge in [0.15, 0.2) is 24.1 Å². The Morgan fingerprint density at radius 3 is 2.48 bits per heavy atom. The molecule has 322 valence electrons. The summed E-state index contributed by atoms with van der Waals surface area (Å²) in [6.45, 7) is 17.3. The van der Waals surface area contributed by atoms with Gasteiger partial charge in [0.1, 0.15) is 37.9 Å². The molecule has 1 saturated carbocycles. The smallest absolute Gasteiger partial charge is 0.320 e. The number of carbonyl (C=O) groups excluding carboxylic acids is 1. The molecule has 2 atom stereocenters. The number of hydrogen-bond donors (Lipinski definition) is 0. The first-order valence-corrected chi connectivity index (χ1v) is 24.2.